The number of hydrogen-bond donors (Lipinski definition) is 2. The predicted octanol–water partition coefficient (Wildman–Crippen LogP) is 3.28. The number of ketones is 1. The molecule has 1 amide bonds. The number of aliphatic hydroxyl groups is 2. The van der Waals surface area contributed by atoms with E-state index in [0.717, 1.165) is 5.57 Å². The molecule has 0 aromatic carbocycles. The number of carbonyl (C=O) groups excluding carboxylic acids is 4. The molecule has 13 heteroatoms. The van der Waals surface area contributed by atoms with Gasteiger partial charge < -0.3 is 43.5 Å². The molecule has 288 valence electrons. The Balaban J connectivity index is 1.81. The lowest BCUT2D eigenvalue weighted by molar-refractivity contribution is -0.309. The van der Waals surface area contributed by atoms with E-state index in [0.29, 0.717) is 32.1 Å². The zero-order valence-electron chi connectivity index (χ0n) is 31.7. The molecule has 4 rings (SSSR count). The number of methoxy groups -OCH3 is 3. The van der Waals surface area contributed by atoms with Crippen LogP contribution in [0.5, 0.6) is 0 Å². The van der Waals surface area contributed by atoms with E-state index in [1.807, 2.05) is 40.7 Å². The molecule has 0 unspecified atom stereocenters. The second kappa shape index (κ2) is 17.0. The van der Waals surface area contributed by atoms with Crippen LogP contribution in [0.2, 0.25) is 0 Å². The molecular weight excluding hydrogens is 662 g/mol. The molecule has 2 bridgehead atoms. The van der Waals surface area contributed by atoms with Crippen molar-refractivity contribution < 1.29 is 57.8 Å². The maximum absolute atomic E-state index is 14.1. The molecule has 0 aromatic heterocycles. The standard InChI is InChI=1S/C38H59NO12/c1-21(2)30-32(48-9)31-28(47-8)19-23(4)38(45,51-31)33(42)35(43)39-17-11-10-12-25(39)36(44)50-34(37(5,6)16-15-29(41)49-30)22(3)18-24-13-14-26(40)27(20-24)46-7/h15-16,18,21,23-28,30-32,34,40,45H,10-14,17,19-20H2,1-9H3/b16-15+,22-18+/t23-,24+,25+,26-,27-,28+,30+,31+,32+,34+,38-/m1/s1. The summed E-state index contributed by atoms with van der Waals surface area (Å²) in [5.74, 6) is -7.33. The van der Waals surface area contributed by atoms with Crippen LogP contribution in [0.3, 0.4) is 0 Å². The monoisotopic (exact) mass is 721 g/mol. The van der Waals surface area contributed by atoms with Gasteiger partial charge in [0.15, 0.2) is 0 Å². The Bertz CT molecular complexity index is 1330. The minimum absolute atomic E-state index is 0.0343. The Hall–Kier alpha value is -2.68. The highest BCUT2D eigenvalue weighted by Crippen LogP contribution is 2.40. The van der Waals surface area contributed by atoms with Crippen LogP contribution in [-0.4, -0.2) is 121 Å². The highest BCUT2D eigenvalue weighted by molar-refractivity contribution is 6.39. The minimum atomic E-state index is -2.57. The van der Waals surface area contributed by atoms with Crippen molar-refractivity contribution in [1.82, 2.24) is 4.90 Å². The molecule has 11 atom stereocenters. The van der Waals surface area contributed by atoms with E-state index in [2.05, 4.69) is 0 Å². The summed E-state index contributed by atoms with van der Waals surface area (Å²) in [5, 5.41) is 22.3. The van der Waals surface area contributed by atoms with Crippen molar-refractivity contribution in [3.8, 4) is 0 Å². The number of carbonyl (C=O) groups is 4. The molecule has 13 nitrogen and oxygen atoms in total. The van der Waals surface area contributed by atoms with Crippen molar-refractivity contribution in [2.45, 2.75) is 141 Å². The molecule has 1 aliphatic carbocycles. The van der Waals surface area contributed by atoms with Gasteiger partial charge >= 0.3 is 11.9 Å². The van der Waals surface area contributed by atoms with Crippen LogP contribution in [0.25, 0.3) is 0 Å². The molecule has 2 saturated heterocycles. The fourth-order valence-electron chi connectivity index (χ4n) is 8.15. The van der Waals surface area contributed by atoms with Crippen molar-refractivity contribution in [1.29, 1.82) is 0 Å². The van der Waals surface area contributed by atoms with E-state index in [1.54, 1.807) is 20.1 Å². The molecule has 3 aliphatic heterocycles. The van der Waals surface area contributed by atoms with Gasteiger partial charge in [-0.15, -0.1) is 0 Å². The number of cyclic esters (lactones) is 2. The summed E-state index contributed by atoms with van der Waals surface area (Å²) in [5.41, 5.74) is -0.225. The van der Waals surface area contributed by atoms with Crippen LogP contribution in [0.1, 0.15) is 86.5 Å². The second-order valence-corrected chi connectivity index (χ2v) is 15.7. The molecule has 0 aromatic rings. The number of amides is 1. The number of piperidine rings is 1. The van der Waals surface area contributed by atoms with Gasteiger partial charge in [0, 0.05) is 45.3 Å². The lowest BCUT2D eigenvalue weighted by Crippen LogP contribution is -2.65. The molecule has 51 heavy (non-hydrogen) atoms. The van der Waals surface area contributed by atoms with Gasteiger partial charge in [0.2, 0.25) is 5.79 Å². The largest absolute Gasteiger partial charge is 0.456 e. The first-order valence-corrected chi connectivity index (χ1v) is 18.3. The number of esters is 2. The molecule has 4 aliphatic rings. The Morgan fingerprint density at radius 1 is 0.980 bits per heavy atom. The van der Waals surface area contributed by atoms with E-state index in [9.17, 15) is 29.4 Å². The average molecular weight is 722 g/mol. The summed E-state index contributed by atoms with van der Waals surface area (Å²) in [7, 11) is 4.46. The van der Waals surface area contributed by atoms with Gasteiger partial charge in [-0.3, -0.25) is 9.59 Å². The Kier molecular flexibility index (Phi) is 13.7. The van der Waals surface area contributed by atoms with E-state index >= 15 is 0 Å². The number of nitrogens with zero attached hydrogens (tertiary/aromatic N) is 1. The maximum atomic E-state index is 14.1. The van der Waals surface area contributed by atoms with Crippen LogP contribution in [0, 0.1) is 23.2 Å². The Labute approximate surface area is 302 Å². The molecule has 2 N–H and O–H groups in total. The third-order valence-electron chi connectivity index (χ3n) is 11.2. The van der Waals surface area contributed by atoms with E-state index in [1.165, 1.54) is 25.2 Å². The highest BCUT2D eigenvalue weighted by atomic mass is 16.7. The zero-order chi connectivity index (χ0) is 37.8. The third kappa shape index (κ3) is 8.93. The van der Waals surface area contributed by atoms with E-state index in [4.69, 9.17) is 28.4 Å². The minimum Gasteiger partial charge on any atom is -0.456 e. The summed E-state index contributed by atoms with van der Waals surface area (Å²) in [6.45, 7) is 10.9. The summed E-state index contributed by atoms with van der Waals surface area (Å²) in [4.78, 5) is 57.0. The number of hydrogen-bond acceptors (Lipinski definition) is 12. The first kappa shape index (κ1) is 41.1. The second-order valence-electron chi connectivity index (χ2n) is 15.7. The predicted molar refractivity (Wildman–Crippen MR) is 185 cm³/mol. The van der Waals surface area contributed by atoms with Crippen LogP contribution in [0.15, 0.2) is 23.8 Å². The van der Waals surface area contributed by atoms with Crippen molar-refractivity contribution >= 4 is 23.6 Å². The van der Waals surface area contributed by atoms with Gasteiger partial charge in [0.25, 0.3) is 11.7 Å². The van der Waals surface area contributed by atoms with Crippen LogP contribution >= 0.6 is 0 Å². The molecule has 0 spiro atoms. The number of Topliss-reactive ketones (excluding diaryl/α,β-unsaturated/α-hetero) is 1. The number of ether oxygens (including phenoxy) is 6. The maximum Gasteiger partial charge on any atom is 0.330 e. The summed E-state index contributed by atoms with van der Waals surface area (Å²) in [6, 6.07) is -1.09. The molecule has 0 radical (unpaired) electrons. The first-order chi connectivity index (χ1) is 24.0. The number of aliphatic hydroxyl groups excluding tert-OH is 1. The number of rotatable bonds is 6. The van der Waals surface area contributed by atoms with E-state index in [-0.39, 0.29) is 37.3 Å². The summed E-state index contributed by atoms with van der Waals surface area (Å²) < 4.78 is 35.5. The van der Waals surface area contributed by atoms with Gasteiger partial charge in [0.1, 0.15) is 30.5 Å². The molecule has 3 heterocycles. The Morgan fingerprint density at radius 3 is 2.29 bits per heavy atom. The van der Waals surface area contributed by atoms with Gasteiger partial charge in [-0.2, -0.15) is 0 Å². The SMILES string of the molecule is CO[C@@H]1[C@H]2O[C@@](O)(C(=O)C(=O)N3CCCC[C@H]3C(=O)O[C@@H](/C(C)=C/[C@@H]3CC[C@@H](O)[C@H](OC)C3)C(C)(C)/C=C/C(=O)O[C@H]1C(C)C)[C@H](C)C[C@@H]2OC. The van der Waals surface area contributed by atoms with Gasteiger partial charge in [-0.05, 0) is 69.3 Å². The lowest BCUT2D eigenvalue weighted by Gasteiger charge is -2.48. The topological polar surface area (TPSA) is 167 Å². The quantitative estimate of drug-likeness (QED) is 0.234. The van der Waals surface area contributed by atoms with E-state index < -0.39 is 83.4 Å². The van der Waals surface area contributed by atoms with Crippen molar-refractivity contribution in [3.05, 3.63) is 23.8 Å². The normalized spacial score (nSPS) is 39.5. The van der Waals surface area contributed by atoms with Crippen LogP contribution < -0.4 is 0 Å². The number of fused-ring (bicyclic) bond motifs is 3. The van der Waals surface area contributed by atoms with Gasteiger partial charge in [-0.1, -0.05) is 46.8 Å². The number of allylic oxidation sites excluding steroid dienone is 1. The third-order valence-corrected chi connectivity index (χ3v) is 11.2. The van der Waals surface area contributed by atoms with Gasteiger partial charge in [0.05, 0.1) is 18.3 Å². The summed E-state index contributed by atoms with van der Waals surface area (Å²) in [6.07, 6.45) is 2.93. The Morgan fingerprint density at radius 2 is 1.67 bits per heavy atom. The van der Waals surface area contributed by atoms with Gasteiger partial charge in [-0.25, -0.2) is 9.59 Å². The zero-order valence-corrected chi connectivity index (χ0v) is 31.7. The molecular formula is C38H59NO12. The highest BCUT2D eigenvalue weighted by Gasteiger charge is 2.58. The van der Waals surface area contributed by atoms with Crippen molar-refractivity contribution in [2.24, 2.45) is 23.2 Å². The summed E-state index contributed by atoms with van der Waals surface area (Å²) >= 11 is 0. The fraction of sp³-hybridized carbons (Fsp3) is 0.789. The lowest BCUT2D eigenvalue weighted by atomic mass is 9.79. The van der Waals surface area contributed by atoms with Crippen LogP contribution in [-0.2, 0) is 47.6 Å². The van der Waals surface area contributed by atoms with Crippen LogP contribution in [0.4, 0.5) is 0 Å². The first-order valence-electron chi connectivity index (χ1n) is 18.3. The van der Waals surface area contributed by atoms with Crippen molar-refractivity contribution in [3.63, 3.8) is 0 Å². The molecule has 3 fully saturated rings. The fourth-order valence-corrected chi connectivity index (χ4v) is 8.15. The smallest absolute Gasteiger partial charge is 0.330 e. The average Bonchev–Trinajstić information content (AvgIpc) is 3.10. The molecule has 1 saturated carbocycles. The van der Waals surface area contributed by atoms with Crippen molar-refractivity contribution in [2.75, 3.05) is 27.9 Å².